The number of carbonyl (C=O) groups excluding carboxylic acids is 2. The molecular weight excluding hydrogens is 278 g/mol. The average Bonchev–Trinajstić information content (AvgIpc) is 2.45. The van der Waals surface area contributed by atoms with E-state index in [1.165, 1.54) is 39.3 Å². The molecule has 1 unspecified atom stereocenters. The van der Waals surface area contributed by atoms with E-state index in [1.54, 1.807) is 0 Å². The number of carbonyl (C=O) groups is 3. The topological polar surface area (TPSA) is 117 Å². The van der Waals surface area contributed by atoms with Gasteiger partial charge in [-0.3, -0.25) is 4.79 Å². The molecule has 21 heavy (non-hydrogen) atoms. The highest BCUT2D eigenvalue weighted by molar-refractivity contribution is 5.95. The van der Waals surface area contributed by atoms with Crippen LogP contribution in [0.5, 0.6) is 5.75 Å². The van der Waals surface area contributed by atoms with Crippen LogP contribution in [0, 0.1) is 0 Å². The van der Waals surface area contributed by atoms with Crippen LogP contribution >= 0.6 is 0 Å². The van der Waals surface area contributed by atoms with Gasteiger partial charge in [0.1, 0.15) is 17.4 Å². The van der Waals surface area contributed by atoms with Gasteiger partial charge in [-0.15, -0.1) is 0 Å². The summed E-state index contributed by atoms with van der Waals surface area (Å²) in [7, 11) is 2.80. The van der Waals surface area contributed by atoms with Gasteiger partial charge in [-0.2, -0.15) is 0 Å². The molecule has 0 saturated carbocycles. The Morgan fingerprint density at radius 3 is 2.48 bits per heavy atom. The van der Waals surface area contributed by atoms with E-state index in [1.807, 2.05) is 0 Å². The van der Waals surface area contributed by atoms with Crippen LogP contribution < -0.4 is 20.7 Å². The van der Waals surface area contributed by atoms with Crippen molar-refractivity contribution in [3.63, 3.8) is 0 Å². The number of nitrogens with one attached hydrogen (secondary N) is 3. The molecule has 3 amide bonds. The van der Waals surface area contributed by atoms with E-state index in [0.717, 1.165) is 0 Å². The quantitative estimate of drug-likeness (QED) is 0.636. The van der Waals surface area contributed by atoms with Gasteiger partial charge in [-0.25, -0.2) is 9.59 Å². The summed E-state index contributed by atoms with van der Waals surface area (Å²) in [6.45, 7) is 1.53. The Labute approximate surface area is 121 Å². The Hall–Kier alpha value is -2.77. The molecule has 0 heterocycles. The summed E-state index contributed by atoms with van der Waals surface area (Å²) < 4.78 is 4.95. The number of amides is 3. The van der Waals surface area contributed by atoms with Crippen LogP contribution in [0.1, 0.15) is 17.3 Å². The predicted octanol–water partition coefficient (Wildman–Crippen LogP) is 0.649. The zero-order valence-corrected chi connectivity index (χ0v) is 11.9. The summed E-state index contributed by atoms with van der Waals surface area (Å²) in [6, 6.07) is 2.84. The van der Waals surface area contributed by atoms with Gasteiger partial charge in [0.05, 0.1) is 7.11 Å². The number of rotatable bonds is 5. The van der Waals surface area contributed by atoms with E-state index >= 15 is 0 Å². The number of urea groups is 1. The van der Waals surface area contributed by atoms with Crippen molar-refractivity contribution >= 4 is 23.6 Å². The van der Waals surface area contributed by atoms with Gasteiger partial charge < -0.3 is 25.8 Å². The second-order valence-corrected chi connectivity index (χ2v) is 4.15. The molecule has 0 aliphatic heterocycles. The van der Waals surface area contributed by atoms with Crippen molar-refractivity contribution < 1.29 is 24.2 Å². The largest absolute Gasteiger partial charge is 0.496 e. The number of benzene rings is 1. The third-order valence-corrected chi connectivity index (χ3v) is 2.68. The first-order valence-corrected chi connectivity index (χ1v) is 6.09. The van der Waals surface area contributed by atoms with Gasteiger partial charge in [0, 0.05) is 18.8 Å². The number of likely N-dealkylation sites (N-methyl/N-ethyl adjacent to an activating group) is 1. The molecule has 8 heteroatoms. The van der Waals surface area contributed by atoms with Crippen LogP contribution in [0.2, 0.25) is 0 Å². The van der Waals surface area contributed by atoms with Crippen LogP contribution in [0.3, 0.4) is 0 Å². The molecule has 0 aliphatic carbocycles. The van der Waals surface area contributed by atoms with Crippen molar-refractivity contribution in [1.82, 2.24) is 10.6 Å². The minimum Gasteiger partial charge on any atom is -0.496 e. The Kier molecular flexibility index (Phi) is 5.53. The second kappa shape index (κ2) is 7.13. The third-order valence-electron chi connectivity index (χ3n) is 2.68. The molecular formula is C13H17N3O5. The maximum absolute atomic E-state index is 11.7. The molecule has 4 N–H and O–H groups in total. The minimum atomic E-state index is -1.13. The maximum Gasteiger partial charge on any atom is 0.339 e. The van der Waals surface area contributed by atoms with Gasteiger partial charge in [-0.05, 0) is 19.1 Å². The summed E-state index contributed by atoms with van der Waals surface area (Å²) >= 11 is 0. The number of hydrogen-bond acceptors (Lipinski definition) is 4. The molecule has 114 valence electrons. The summed E-state index contributed by atoms with van der Waals surface area (Å²) in [5, 5.41) is 16.3. The van der Waals surface area contributed by atoms with Crippen molar-refractivity contribution in [2.45, 2.75) is 13.0 Å². The molecule has 0 radical (unpaired) electrons. The smallest absolute Gasteiger partial charge is 0.339 e. The maximum atomic E-state index is 11.7. The molecule has 0 fully saturated rings. The molecule has 1 aromatic carbocycles. The highest BCUT2D eigenvalue weighted by Gasteiger charge is 2.15. The number of ether oxygens (including phenoxy) is 1. The predicted molar refractivity (Wildman–Crippen MR) is 75.6 cm³/mol. The first-order chi connectivity index (χ1) is 9.88. The molecule has 8 nitrogen and oxygen atoms in total. The van der Waals surface area contributed by atoms with E-state index in [9.17, 15) is 14.4 Å². The second-order valence-electron chi connectivity index (χ2n) is 4.15. The summed E-state index contributed by atoms with van der Waals surface area (Å²) in [5.41, 5.74) is 0.334. The number of methoxy groups -OCH3 is 1. The average molecular weight is 295 g/mol. The monoisotopic (exact) mass is 295 g/mol. The SMILES string of the molecule is CNC(=O)C(C)NC(=O)Nc1ccc(C(=O)O)c(OC)c1. The van der Waals surface area contributed by atoms with E-state index < -0.39 is 18.0 Å². The molecule has 1 rings (SSSR count). The van der Waals surface area contributed by atoms with E-state index in [-0.39, 0.29) is 17.2 Å². The highest BCUT2D eigenvalue weighted by atomic mass is 16.5. The number of carboxylic acids is 1. The van der Waals surface area contributed by atoms with Gasteiger partial charge >= 0.3 is 12.0 Å². The Morgan fingerprint density at radius 1 is 1.29 bits per heavy atom. The van der Waals surface area contributed by atoms with Crippen molar-refractivity contribution in [3.05, 3.63) is 23.8 Å². The summed E-state index contributed by atoms with van der Waals surface area (Å²) in [6.07, 6.45) is 0. The zero-order chi connectivity index (χ0) is 16.0. The van der Waals surface area contributed by atoms with Gasteiger partial charge in [0.2, 0.25) is 5.91 Å². The van der Waals surface area contributed by atoms with Crippen LogP contribution in [0.25, 0.3) is 0 Å². The van der Waals surface area contributed by atoms with Crippen molar-refractivity contribution in [1.29, 1.82) is 0 Å². The fourth-order valence-electron chi connectivity index (χ4n) is 1.59. The van der Waals surface area contributed by atoms with Crippen molar-refractivity contribution in [2.75, 3.05) is 19.5 Å². The fraction of sp³-hybridized carbons (Fsp3) is 0.308. The number of carboxylic acid groups (broad SMARTS) is 1. The van der Waals surface area contributed by atoms with Crippen LogP contribution in [-0.2, 0) is 4.79 Å². The standard InChI is InChI=1S/C13H17N3O5/c1-7(11(17)14-2)15-13(20)16-8-4-5-9(12(18)19)10(6-8)21-3/h4-7H,1-3H3,(H,14,17)(H,18,19)(H2,15,16,20). The Bertz CT molecular complexity index is 559. The third kappa shape index (κ3) is 4.37. The first kappa shape index (κ1) is 16.3. The number of aromatic carboxylic acids is 1. The molecule has 0 saturated heterocycles. The van der Waals surface area contributed by atoms with Crippen molar-refractivity contribution in [2.24, 2.45) is 0 Å². The molecule has 0 aliphatic rings. The fourth-order valence-corrected chi connectivity index (χ4v) is 1.59. The summed E-state index contributed by atoms with van der Waals surface area (Å²) in [5.74, 6) is -1.33. The van der Waals surface area contributed by atoms with Crippen LogP contribution in [0.4, 0.5) is 10.5 Å². The zero-order valence-electron chi connectivity index (χ0n) is 11.9. The lowest BCUT2D eigenvalue weighted by molar-refractivity contribution is -0.122. The highest BCUT2D eigenvalue weighted by Crippen LogP contribution is 2.23. The van der Waals surface area contributed by atoms with E-state index in [0.29, 0.717) is 5.69 Å². The molecule has 1 atom stereocenters. The van der Waals surface area contributed by atoms with Crippen LogP contribution in [-0.4, -0.2) is 43.2 Å². The Morgan fingerprint density at radius 2 is 1.95 bits per heavy atom. The van der Waals surface area contributed by atoms with Crippen molar-refractivity contribution in [3.8, 4) is 5.75 Å². The van der Waals surface area contributed by atoms with Gasteiger partial charge in [-0.1, -0.05) is 0 Å². The van der Waals surface area contributed by atoms with E-state index in [4.69, 9.17) is 9.84 Å². The molecule has 1 aromatic rings. The molecule has 0 spiro atoms. The normalized spacial score (nSPS) is 11.2. The molecule has 0 bridgehead atoms. The Balaban J connectivity index is 2.77. The minimum absolute atomic E-state index is 0.0119. The molecule has 0 aromatic heterocycles. The van der Waals surface area contributed by atoms with Crippen LogP contribution in [0.15, 0.2) is 18.2 Å². The van der Waals surface area contributed by atoms with E-state index in [2.05, 4.69) is 16.0 Å². The lowest BCUT2D eigenvalue weighted by Gasteiger charge is -2.14. The van der Waals surface area contributed by atoms with Gasteiger partial charge in [0.25, 0.3) is 0 Å². The lowest BCUT2D eigenvalue weighted by atomic mass is 10.2. The van der Waals surface area contributed by atoms with Gasteiger partial charge in [0.15, 0.2) is 0 Å². The summed E-state index contributed by atoms with van der Waals surface area (Å²) in [4.78, 5) is 33.9. The number of hydrogen-bond donors (Lipinski definition) is 4. The first-order valence-electron chi connectivity index (χ1n) is 6.09. The number of anilines is 1. The lowest BCUT2D eigenvalue weighted by Crippen LogP contribution is -2.45.